The van der Waals surface area contributed by atoms with E-state index in [0.717, 1.165) is 5.69 Å². The first-order chi connectivity index (χ1) is 15.3. The average Bonchev–Trinajstić information content (AvgIpc) is 2.77. The highest BCUT2D eigenvalue weighted by molar-refractivity contribution is 7.86. The first-order valence-corrected chi connectivity index (χ1v) is 11.0. The predicted molar refractivity (Wildman–Crippen MR) is 121 cm³/mol. The van der Waals surface area contributed by atoms with E-state index in [0.29, 0.717) is 22.3 Å². The van der Waals surface area contributed by atoms with Crippen LogP contribution in [-0.4, -0.2) is 18.1 Å². The summed E-state index contributed by atoms with van der Waals surface area (Å²) in [6, 6.07) is 22.1. The van der Waals surface area contributed by atoms with Crippen LogP contribution in [0.25, 0.3) is 10.8 Å². The summed E-state index contributed by atoms with van der Waals surface area (Å²) >= 11 is 0. The van der Waals surface area contributed by atoms with E-state index >= 15 is 0 Å². The summed E-state index contributed by atoms with van der Waals surface area (Å²) in [4.78, 5) is -0.339. The van der Waals surface area contributed by atoms with Gasteiger partial charge in [-0.1, -0.05) is 30.3 Å². The maximum atomic E-state index is 11.9. The topological polar surface area (TPSA) is 124 Å². The molecule has 0 aliphatic carbocycles. The summed E-state index contributed by atoms with van der Waals surface area (Å²) < 4.78 is 33.5. The van der Waals surface area contributed by atoms with E-state index < -0.39 is 10.1 Å². The maximum Gasteiger partial charge on any atom is 0.295 e. The lowest BCUT2D eigenvalue weighted by Crippen LogP contribution is -2.00. The van der Waals surface area contributed by atoms with Crippen LogP contribution >= 0.6 is 0 Å². The second-order valence-corrected chi connectivity index (χ2v) is 8.41. The standard InChI is InChI=1S/C23H18N4O4S/c1-15-13-16-7-12-20(28)23(22(16)21(14-15)32(29,30)31)27-26-19-10-8-18(9-11-19)25-24-17-5-3-2-4-6-17/h2-14,28H,1H3,(H,29,30,31). The van der Waals surface area contributed by atoms with E-state index in [-0.39, 0.29) is 21.7 Å². The van der Waals surface area contributed by atoms with Gasteiger partial charge in [0.15, 0.2) is 0 Å². The molecule has 0 bridgehead atoms. The molecule has 0 fully saturated rings. The van der Waals surface area contributed by atoms with Crippen molar-refractivity contribution >= 4 is 43.6 Å². The minimum Gasteiger partial charge on any atom is -0.506 e. The molecule has 9 heteroatoms. The van der Waals surface area contributed by atoms with Crippen LogP contribution in [-0.2, 0) is 10.1 Å². The molecule has 0 aliphatic heterocycles. The highest BCUT2D eigenvalue weighted by Gasteiger charge is 2.20. The van der Waals surface area contributed by atoms with Crippen LogP contribution in [0.1, 0.15) is 5.56 Å². The van der Waals surface area contributed by atoms with Crippen molar-refractivity contribution < 1.29 is 18.1 Å². The molecule has 0 aromatic heterocycles. The Balaban J connectivity index is 1.68. The third kappa shape index (κ3) is 4.69. The molecule has 0 saturated carbocycles. The molecule has 0 spiro atoms. The van der Waals surface area contributed by atoms with Crippen molar-refractivity contribution in [3.8, 4) is 5.75 Å². The van der Waals surface area contributed by atoms with Crippen molar-refractivity contribution in [2.75, 3.05) is 0 Å². The average molecular weight is 446 g/mol. The second kappa shape index (κ2) is 8.66. The molecule has 0 aliphatic rings. The summed E-state index contributed by atoms with van der Waals surface area (Å²) in [7, 11) is -4.54. The molecule has 0 heterocycles. The highest BCUT2D eigenvalue weighted by atomic mass is 32.2. The Bertz CT molecular complexity index is 1450. The van der Waals surface area contributed by atoms with E-state index in [1.807, 2.05) is 30.3 Å². The number of nitrogens with zero attached hydrogens (tertiary/aromatic N) is 4. The van der Waals surface area contributed by atoms with Gasteiger partial charge in [-0.05, 0) is 66.4 Å². The molecule has 8 nitrogen and oxygen atoms in total. The Morgan fingerprint density at radius 2 is 1.28 bits per heavy atom. The number of hydrogen-bond donors (Lipinski definition) is 2. The number of aryl methyl sites for hydroxylation is 1. The Labute approximate surface area is 184 Å². The van der Waals surface area contributed by atoms with Crippen molar-refractivity contribution in [2.45, 2.75) is 11.8 Å². The number of benzene rings is 4. The molecule has 0 saturated heterocycles. The number of hydrogen-bond acceptors (Lipinski definition) is 7. The minimum absolute atomic E-state index is 0.0528. The maximum absolute atomic E-state index is 11.9. The van der Waals surface area contributed by atoms with Crippen LogP contribution < -0.4 is 0 Å². The fourth-order valence-corrected chi connectivity index (χ4v) is 3.96. The number of aromatic hydroxyl groups is 1. The van der Waals surface area contributed by atoms with Crippen LogP contribution in [0.2, 0.25) is 0 Å². The molecule has 32 heavy (non-hydrogen) atoms. The lowest BCUT2D eigenvalue weighted by Gasteiger charge is -2.09. The Morgan fingerprint density at radius 3 is 1.88 bits per heavy atom. The smallest absolute Gasteiger partial charge is 0.295 e. The molecule has 2 N–H and O–H groups in total. The van der Waals surface area contributed by atoms with E-state index in [1.165, 1.54) is 12.1 Å². The number of phenols is 1. The SMILES string of the molecule is Cc1cc(S(=O)(=O)O)c2c(N=Nc3ccc(N=Nc4ccccc4)cc3)c(O)ccc2c1. The van der Waals surface area contributed by atoms with E-state index in [4.69, 9.17) is 0 Å². The van der Waals surface area contributed by atoms with Gasteiger partial charge in [0.2, 0.25) is 0 Å². The molecule has 160 valence electrons. The van der Waals surface area contributed by atoms with Gasteiger partial charge in [-0.2, -0.15) is 23.8 Å². The quantitative estimate of drug-likeness (QED) is 0.255. The normalized spacial score (nSPS) is 12.2. The predicted octanol–water partition coefficient (Wildman–Crippen LogP) is 6.93. The molecule has 0 radical (unpaired) electrons. The molecular formula is C23H18N4O4S. The number of fused-ring (bicyclic) bond motifs is 1. The molecule has 4 rings (SSSR count). The fourth-order valence-electron chi connectivity index (χ4n) is 3.15. The van der Waals surface area contributed by atoms with Crippen molar-refractivity contribution in [2.24, 2.45) is 20.5 Å². The van der Waals surface area contributed by atoms with Gasteiger partial charge in [-0.3, -0.25) is 4.55 Å². The molecule has 0 amide bonds. The van der Waals surface area contributed by atoms with E-state index in [9.17, 15) is 18.1 Å². The Kier molecular flexibility index (Phi) is 5.76. The third-order valence-corrected chi connectivity index (χ3v) is 5.49. The second-order valence-electron chi connectivity index (χ2n) is 7.02. The molecule has 0 unspecified atom stereocenters. The van der Waals surface area contributed by atoms with Crippen molar-refractivity contribution in [1.82, 2.24) is 0 Å². The zero-order valence-corrected chi connectivity index (χ0v) is 17.7. The van der Waals surface area contributed by atoms with Gasteiger partial charge < -0.3 is 5.11 Å². The molecule has 4 aromatic rings. The Morgan fingerprint density at radius 1 is 0.719 bits per heavy atom. The number of rotatable bonds is 5. The van der Waals surface area contributed by atoms with Crippen molar-refractivity contribution in [1.29, 1.82) is 0 Å². The van der Waals surface area contributed by atoms with Gasteiger partial charge in [0.25, 0.3) is 10.1 Å². The van der Waals surface area contributed by atoms with Crippen LogP contribution in [0.5, 0.6) is 5.75 Å². The monoisotopic (exact) mass is 446 g/mol. The summed E-state index contributed by atoms with van der Waals surface area (Å²) in [6.07, 6.45) is 0. The summed E-state index contributed by atoms with van der Waals surface area (Å²) in [5, 5.41) is 27.4. The van der Waals surface area contributed by atoms with Gasteiger partial charge in [0.1, 0.15) is 16.3 Å². The van der Waals surface area contributed by atoms with Gasteiger partial charge in [0.05, 0.1) is 17.1 Å². The zero-order valence-electron chi connectivity index (χ0n) is 16.9. The first-order valence-electron chi connectivity index (χ1n) is 9.54. The van der Waals surface area contributed by atoms with Gasteiger partial charge in [0, 0.05) is 5.39 Å². The van der Waals surface area contributed by atoms with Crippen LogP contribution in [0, 0.1) is 6.92 Å². The summed E-state index contributed by atoms with van der Waals surface area (Å²) in [5.41, 5.74) is 2.39. The highest BCUT2D eigenvalue weighted by Crippen LogP contribution is 2.40. The zero-order chi connectivity index (χ0) is 22.7. The van der Waals surface area contributed by atoms with Crippen LogP contribution in [0.3, 0.4) is 0 Å². The van der Waals surface area contributed by atoms with E-state index in [2.05, 4.69) is 20.5 Å². The summed E-state index contributed by atoms with van der Waals surface area (Å²) in [5.74, 6) is -0.261. The van der Waals surface area contributed by atoms with E-state index in [1.54, 1.807) is 43.3 Å². The molecule has 4 aromatic carbocycles. The summed E-state index contributed by atoms with van der Waals surface area (Å²) in [6.45, 7) is 1.71. The fraction of sp³-hybridized carbons (Fsp3) is 0.0435. The first kappa shape index (κ1) is 21.3. The largest absolute Gasteiger partial charge is 0.506 e. The number of phenolic OH excluding ortho intramolecular Hbond substituents is 1. The van der Waals surface area contributed by atoms with Gasteiger partial charge in [-0.25, -0.2) is 0 Å². The molecule has 0 atom stereocenters. The van der Waals surface area contributed by atoms with Crippen LogP contribution in [0.15, 0.2) is 104 Å². The van der Waals surface area contributed by atoms with Gasteiger partial charge >= 0.3 is 0 Å². The molecular weight excluding hydrogens is 428 g/mol. The minimum atomic E-state index is -4.54. The van der Waals surface area contributed by atoms with Gasteiger partial charge in [-0.15, -0.1) is 5.11 Å². The number of azo groups is 2. The van der Waals surface area contributed by atoms with Crippen molar-refractivity contribution in [3.63, 3.8) is 0 Å². The van der Waals surface area contributed by atoms with Crippen molar-refractivity contribution in [3.05, 3.63) is 84.4 Å². The lowest BCUT2D eigenvalue weighted by molar-refractivity contribution is 0.477. The Hall–Kier alpha value is -3.95. The third-order valence-electron chi connectivity index (χ3n) is 4.61. The van der Waals surface area contributed by atoms with Crippen LogP contribution in [0.4, 0.5) is 22.7 Å². The lowest BCUT2D eigenvalue weighted by atomic mass is 10.1.